The van der Waals surface area contributed by atoms with E-state index in [9.17, 15) is 0 Å². The van der Waals surface area contributed by atoms with E-state index >= 15 is 0 Å². The van der Waals surface area contributed by atoms with Crippen LogP contribution < -0.4 is 4.74 Å². The summed E-state index contributed by atoms with van der Waals surface area (Å²) in [6.07, 6.45) is 5.70. The van der Waals surface area contributed by atoms with Gasteiger partial charge in [0, 0.05) is 12.0 Å². The first-order chi connectivity index (χ1) is 7.42. The second-order valence-electron chi connectivity index (χ2n) is 4.16. The lowest BCUT2D eigenvalue weighted by atomic mass is 9.94. The molecular formula is C13H10O2. The number of fused-ring (bicyclic) bond motifs is 3. The monoisotopic (exact) mass is 198 g/mol. The smallest absolute Gasteiger partial charge is 0.130 e. The van der Waals surface area contributed by atoms with Gasteiger partial charge in [-0.05, 0) is 23.8 Å². The highest BCUT2D eigenvalue weighted by molar-refractivity contribution is 5.48. The van der Waals surface area contributed by atoms with Gasteiger partial charge in [0.25, 0.3) is 0 Å². The summed E-state index contributed by atoms with van der Waals surface area (Å²) in [6.45, 7) is 0. The molecule has 0 N–H and O–H groups in total. The summed E-state index contributed by atoms with van der Waals surface area (Å²) < 4.78 is 11.4. The Kier molecular flexibility index (Phi) is 1.30. The third-order valence-electron chi connectivity index (χ3n) is 3.20. The number of allylic oxidation sites excluding steroid dienone is 1. The first kappa shape index (κ1) is 7.71. The third-order valence-corrected chi connectivity index (χ3v) is 3.20. The van der Waals surface area contributed by atoms with Crippen molar-refractivity contribution in [3.05, 3.63) is 53.3 Å². The number of para-hydroxylation sites is 1. The van der Waals surface area contributed by atoms with Gasteiger partial charge in [0.2, 0.25) is 0 Å². The van der Waals surface area contributed by atoms with E-state index in [1.165, 1.54) is 11.1 Å². The highest BCUT2D eigenvalue weighted by Gasteiger charge is 2.44. The van der Waals surface area contributed by atoms with Crippen molar-refractivity contribution in [2.45, 2.75) is 18.6 Å². The average molecular weight is 198 g/mol. The van der Waals surface area contributed by atoms with Crippen LogP contribution in [0.15, 0.2) is 47.7 Å². The highest BCUT2D eigenvalue weighted by atomic mass is 16.6. The maximum Gasteiger partial charge on any atom is 0.130 e. The Hall–Kier alpha value is -1.54. The maximum absolute atomic E-state index is 5.85. The van der Waals surface area contributed by atoms with E-state index in [-0.39, 0.29) is 0 Å². The second-order valence-corrected chi connectivity index (χ2v) is 4.16. The van der Waals surface area contributed by atoms with Crippen LogP contribution >= 0.6 is 0 Å². The molecule has 0 spiro atoms. The molecule has 2 heteroatoms. The second kappa shape index (κ2) is 2.52. The summed E-state index contributed by atoms with van der Waals surface area (Å²) in [5.41, 5.74) is 2.57. The quantitative estimate of drug-likeness (QED) is 0.596. The molecule has 0 amide bonds. The van der Waals surface area contributed by atoms with Gasteiger partial charge in [0.1, 0.15) is 23.7 Å². The van der Waals surface area contributed by atoms with Crippen molar-refractivity contribution in [2.24, 2.45) is 0 Å². The molecule has 0 saturated carbocycles. The molecule has 15 heavy (non-hydrogen) atoms. The average Bonchev–Trinajstić information content (AvgIpc) is 3.06. The SMILES string of the molecule is C1=CC2OC2C2=C1Oc1ccccc1C2. The van der Waals surface area contributed by atoms with Crippen molar-refractivity contribution in [1.82, 2.24) is 0 Å². The van der Waals surface area contributed by atoms with E-state index in [0.717, 1.165) is 17.9 Å². The van der Waals surface area contributed by atoms with Gasteiger partial charge >= 0.3 is 0 Å². The minimum absolute atomic E-state index is 0.290. The van der Waals surface area contributed by atoms with E-state index in [2.05, 4.69) is 18.2 Å². The Bertz CT molecular complexity index is 499. The molecule has 2 unspecified atom stereocenters. The van der Waals surface area contributed by atoms with Crippen LogP contribution in [-0.2, 0) is 11.2 Å². The fourth-order valence-corrected chi connectivity index (χ4v) is 2.34. The van der Waals surface area contributed by atoms with E-state index in [0.29, 0.717) is 12.2 Å². The Labute approximate surface area is 87.8 Å². The molecule has 2 heterocycles. The van der Waals surface area contributed by atoms with Crippen molar-refractivity contribution in [2.75, 3.05) is 0 Å². The van der Waals surface area contributed by atoms with Crippen LogP contribution in [0.3, 0.4) is 0 Å². The summed E-state index contributed by atoms with van der Waals surface area (Å²) in [6, 6.07) is 8.20. The molecule has 1 aromatic carbocycles. The van der Waals surface area contributed by atoms with Crippen molar-refractivity contribution >= 4 is 0 Å². The van der Waals surface area contributed by atoms with Gasteiger partial charge in [-0.3, -0.25) is 0 Å². The first-order valence-electron chi connectivity index (χ1n) is 5.24. The number of benzene rings is 1. The molecule has 1 aliphatic carbocycles. The molecule has 4 rings (SSSR count). The van der Waals surface area contributed by atoms with E-state index in [4.69, 9.17) is 9.47 Å². The Balaban J connectivity index is 1.82. The number of epoxide rings is 1. The fourth-order valence-electron chi connectivity index (χ4n) is 2.34. The van der Waals surface area contributed by atoms with Gasteiger partial charge in [0.05, 0.1) is 0 Å². The van der Waals surface area contributed by atoms with E-state index in [1.807, 2.05) is 18.2 Å². The molecule has 3 aliphatic rings. The number of hydrogen-bond acceptors (Lipinski definition) is 2. The van der Waals surface area contributed by atoms with Crippen LogP contribution in [-0.4, -0.2) is 12.2 Å². The highest BCUT2D eigenvalue weighted by Crippen LogP contribution is 2.42. The topological polar surface area (TPSA) is 21.8 Å². The molecule has 2 nitrogen and oxygen atoms in total. The van der Waals surface area contributed by atoms with Crippen LogP contribution in [0.25, 0.3) is 0 Å². The molecule has 1 aromatic rings. The van der Waals surface area contributed by atoms with Crippen LogP contribution in [0.5, 0.6) is 5.75 Å². The van der Waals surface area contributed by atoms with Crippen LogP contribution in [0.2, 0.25) is 0 Å². The zero-order chi connectivity index (χ0) is 9.83. The Morgan fingerprint density at radius 2 is 2.13 bits per heavy atom. The Morgan fingerprint density at radius 1 is 1.20 bits per heavy atom. The largest absolute Gasteiger partial charge is 0.457 e. The summed E-state index contributed by atoms with van der Waals surface area (Å²) in [5.74, 6) is 1.98. The number of ether oxygens (including phenoxy) is 2. The van der Waals surface area contributed by atoms with Gasteiger partial charge in [-0.15, -0.1) is 0 Å². The summed E-state index contributed by atoms with van der Waals surface area (Å²) in [7, 11) is 0. The predicted octanol–water partition coefficient (Wildman–Crippen LogP) is 2.21. The predicted molar refractivity (Wildman–Crippen MR) is 55.6 cm³/mol. The lowest BCUT2D eigenvalue weighted by Crippen LogP contribution is -2.16. The van der Waals surface area contributed by atoms with Crippen molar-refractivity contribution in [3.63, 3.8) is 0 Å². The molecule has 2 aliphatic heterocycles. The van der Waals surface area contributed by atoms with Gasteiger partial charge in [-0.2, -0.15) is 0 Å². The molecule has 1 fully saturated rings. The van der Waals surface area contributed by atoms with Crippen LogP contribution in [0.1, 0.15) is 5.56 Å². The Morgan fingerprint density at radius 3 is 3.13 bits per heavy atom. The zero-order valence-electron chi connectivity index (χ0n) is 8.14. The van der Waals surface area contributed by atoms with Crippen LogP contribution in [0.4, 0.5) is 0 Å². The van der Waals surface area contributed by atoms with Gasteiger partial charge in [-0.1, -0.05) is 18.2 Å². The summed E-state index contributed by atoms with van der Waals surface area (Å²) in [4.78, 5) is 0. The third kappa shape index (κ3) is 1.03. The van der Waals surface area contributed by atoms with Gasteiger partial charge in [-0.25, -0.2) is 0 Å². The molecule has 0 bridgehead atoms. The first-order valence-corrected chi connectivity index (χ1v) is 5.24. The minimum Gasteiger partial charge on any atom is -0.457 e. The normalized spacial score (nSPS) is 30.1. The molecule has 1 saturated heterocycles. The molecule has 0 radical (unpaired) electrons. The van der Waals surface area contributed by atoms with Crippen molar-refractivity contribution in [3.8, 4) is 5.75 Å². The maximum atomic E-state index is 5.85. The van der Waals surface area contributed by atoms with Crippen molar-refractivity contribution in [1.29, 1.82) is 0 Å². The minimum atomic E-state index is 0.290. The number of hydrogen-bond donors (Lipinski definition) is 0. The van der Waals surface area contributed by atoms with Gasteiger partial charge < -0.3 is 9.47 Å². The van der Waals surface area contributed by atoms with Crippen molar-refractivity contribution < 1.29 is 9.47 Å². The van der Waals surface area contributed by atoms with Crippen LogP contribution in [0, 0.1) is 0 Å². The molecular weight excluding hydrogens is 188 g/mol. The molecule has 74 valence electrons. The standard InChI is InChI=1S/C13H10O2/c1-2-4-10-8(3-1)7-9-11(14-10)5-6-12-13(9)15-12/h1-6,12-13H,7H2. The zero-order valence-corrected chi connectivity index (χ0v) is 8.14. The van der Waals surface area contributed by atoms with E-state index < -0.39 is 0 Å². The number of rotatable bonds is 0. The lowest BCUT2D eigenvalue weighted by Gasteiger charge is -2.22. The molecule has 2 atom stereocenters. The summed E-state index contributed by atoms with van der Waals surface area (Å²) >= 11 is 0. The summed E-state index contributed by atoms with van der Waals surface area (Å²) in [5, 5.41) is 0. The van der Waals surface area contributed by atoms with E-state index in [1.54, 1.807) is 0 Å². The molecule has 0 aromatic heterocycles. The fraction of sp³-hybridized carbons (Fsp3) is 0.231. The van der Waals surface area contributed by atoms with Gasteiger partial charge in [0.15, 0.2) is 0 Å². The lowest BCUT2D eigenvalue weighted by molar-refractivity contribution is 0.384.